The van der Waals surface area contributed by atoms with E-state index in [1.807, 2.05) is 0 Å². The number of phenols is 1. The summed E-state index contributed by atoms with van der Waals surface area (Å²) in [5, 5.41) is 20.4. The van der Waals surface area contributed by atoms with Gasteiger partial charge in [0, 0.05) is 36.9 Å². The van der Waals surface area contributed by atoms with Crippen LogP contribution in [-0.2, 0) is 9.53 Å². The summed E-state index contributed by atoms with van der Waals surface area (Å²) in [7, 11) is 1.52. The summed E-state index contributed by atoms with van der Waals surface area (Å²) in [5.41, 5.74) is -0.579. The Balaban J connectivity index is 2.31. The molecule has 0 bridgehead atoms. The Hall–Kier alpha value is -2.10. The number of methoxy groups -OCH3 is 1. The molecule has 1 fully saturated rings. The Morgan fingerprint density at radius 2 is 2.17 bits per heavy atom. The highest BCUT2D eigenvalue weighted by Crippen LogP contribution is 2.38. The lowest BCUT2D eigenvalue weighted by atomic mass is 10.1. The molecule has 1 saturated heterocycles. The van der Waals surface area contributed by atoms with E-state index in [1.54, 1.807) is 0 Å². The van der Waals surface area contributed by atoms with Crippen molar-refractivity contribution in [2.45, 2.75) is 6.42 Å². The summed E-state index contributed by atoms with van der Waals surface area (Å²) in [6, 6.07) is 2.29. The molecule has 0 unspecified atom stereocenters. The molecule has 128 valence electrons. The van der Waals surface area contributed by atoms with Gasteiger partial charge in [-0.3, -0.25) is 24.6 Å². The molecule has 1 N–H and O–H groups in total. The van der Waals surface area contributed by atoms with Gasteiger partial charge >= 0.3 is 5.69 Å². The molecule has 1 aromatic rings. The van der Waals surface area contributed by atoms with Crippen molar-refractivity contribution in [1.82, 2.24) is 4.90 Å². The van der Waals surface area contributed by atoms with E-state index in [1.165, 1.54) is 19.3 Å². The van der Waals surface area contributed by atoms with Crippen LogP contribution in [0.15, 0.2) is 17.0 Å². The first-order valence-electron chi connectivity index (χ1n) is 6.76. The first kappa shape index (κ1) is 18.2. The van der Waals surface area contributed by atoms with Crippen molar-refractivity contribution < 1.29 is 24.4 Å². The molecule has 2 amide bonds. The number of carbonyl (C=O) groups excluding carboxylic acids is 2. The molecule has 2 rings (SSSR count). The number of nitro groups is 1. The highest BCUT2D eigenvalue weighted by molar-refractivity contribution is 8.18. The SMILES string of the molecule is COCCCN1C(=O)S/C(=C/c2cc(Cl)cc([N+](=O)[O-])c2O)C1=O. The van der Waals surface area contributed by atoms with Gasteiger partial charge in [-0.1, -0.05) is 11.6 Å². The Bertz CT molecular complexity index is 736. The Kier molecular flexibility index (Phi) is 5.81. The number of nitrogens with zero attached hydrogens (tertiary/aromatic N) is 2. The second-order valence-corrected chi connectivity index (χ2v) is 6.23. The third-order valence-electron chi connectivity index (χ3n) is 3.17. The van der Waals surface area contributed by atoms with Gasteiger partial charge in [-0.2, -0.15) is 0 Å². The van der Waals surface area contributed by atoms with Crippen molar-refractivity contribution in [1.29, 1.82) is 0 Å². The minimum Gasteiger partial charge on any atom is -0.502 e. The average Bonchev–Trinajstić information content (AvgIpc) is 2.78. The van der Waals surface area contributed by atoms with Gasteiger partial charge in [-0.15, -0.1) is 0 Å². The van der Waals surface area contributed by atoms with Gasteiger partial charge in [-0.25, -0.2) is 0 Å². The van der Waals surface area contributed by atoms with Crippen LogP contribution in [0.5, 0.6) is 5.75 Å². The number of amides is 2. The minimum absolute atomic E-state index is 0.00316. The molecule has 0 atom stereocenters. The highest BCUT2D eigenvalue weighted by atomic mass is 35.5. The lowest BCUT2D eigenvalue weighted by Crippen LogP contribution is -2.29. The predicted molar refractivity (Wildman–Crippen MR) is 88.9 cm³/mol. The van der Waals surface area contributed by atoms with E-state index >= 15 is 0 Å². The molecule has 0 aromatic heterocycles. The number of aromatic hydroxyl groups is 1. The fourth-order valence-electron chi connectivity index (χ4n) is 2.06. The third-order valence-corrected chi connectivity index (χ3v) is 4.30. The number of thioether (sulfide) groups is 1. The van der Waals surface area contributed by atoms with Gasteiger partial charge in [-0.05, 0) is 30.3 Å². The number of halogens is 1. The fraction of sp³-hybridized carbons (Fsp3) is 0.286. The minimum atomic E-state index is -0.783. The maximum Gasteiger partial charge on any atom is 0.312 e. The van der Waals surface area contributed by atoms with E-state index in [-0.39, 0.29) is 22.0 Å². The van der Waals surface area contributed by atoms with Crippen molar-refractivity contribution >= 4 is 46.3 Å². The third kappa shape index (κ3) is 3.86. The summed E-state index contributed by atoms with van der Waals surface area (Å²) in [6.45, 7) is 0.611. The summed E-state index contributed by atoms with van der Waals surface area (Å²) in [5.74, 6) is -1.14. The largest absolute Gasteiger partial charge is 0.502 e. The van der Waals surface area contributed by atoms with Gasteiger partial charge < -0.3 is 9.84 Å². The monoisotopic (exact) mass is 372 g/mol. The molecular formula is C14H13ClN2O6S. The molecule has 0 aliphatic carbocycles. The molecule has 0 saturated carbocycles. The van der Waals surface area contributed by atoms with Crippen molar-refractivity contribution in [3.05, 3.63) is 37.7 Å². The lowest BCUT2D eigenvalue weighted by Gasteiger charge is -2.11. The number of hydrogen-bond acceptors (Lipinski definition) is 7. The van der Waals surface area contributed by atoms with Crippen LogP contribution >= 0.6 is 23.4 Å². The van der Waals surface area contributed by atoms with E-state index in [4.69, 9.17) is 16.3 Å². The smallest absolute Gasteiger partial charge is 0.312 e. The summed E-state index contributed by atoms with van der Waals surface area (Å²) in [6.07, 6.45) is 1.71. The Labute approximate surface area is 146 Å². The lowest BCUT2D eigenvalue weighted by molar-refractivity contribution is -0.385. The highest BCUT2D eigenvalue weighted by Gasteiger charge is 2.35. The van der Waals surface area contributed by atoms with Gasteiger partial charge in [0.1, 0.15) is 0 Å². The maximum atomic E-state index is 12.3. The zero-order chi connectivity index (χ0) is 17.9. The second-order valence-electron chi connectivity index (χ2n) is 4.80. The number of imide groups is 1. The van der Waals surface area contributed by atoms with Crippen molar-refractivity contribution in [3.63, 3.8) is 0 Å². The molecule has 10 heteroatoms. The van der Waals surface area contributed by atoms with E-state index in [0.717, 1.165) is 11.0 Å². The zero-order valence-corrected chi connectivity index (χ0v) is 14.1. The van der Waals surface area contributed by atoms with Crippen molar-refractivity contribution in [2.75, 3.05) is 20.3 Å². The van der Waals surface area contributed by atoms with Crippen molar-refractivity contribution in [2.24, 2.45) is 0 Å². The summed E-state index contributed by atoms with van der Waals surface area (Å²) < 4.78 is 4.88. The number of phenolic OH excluding ortho intramolecular Hbond substituents is 1. The molecule has 1 heterocycles. The van der Waals surface area contributed by atoms with Gasteiger partial charge in [0.15, 0.2) is 0 Å². The topological polar surface area (TPSA) is 110 Å². The number of hydrogen-bond donors (Lipinski definition) is 1. The fourth-order valence-corrected chi connectivity index (χ4v) is 3.13. The van der Waals surface area contributed by atoms with Gasteiger partial charge in [0.25, 0.3) is 11.1 Å². The second kappa shape index (κ2) is 7.65. The number of ether oxygens (including phenoxy) is 1. The van der Waals surface area contributed by atoms with Gasteiger partial charge in [0.2, 0.25) is 5.75 Å². The molecule has 1 aromatic carbocycles. The van der Waals surface area contributed by atoms with E-state index in [0.29, 0.717) is 24.8 Å². The van der Waals surface area contributed by atoms with Crippen LogP contribution in [0, 0.1) is 10.1 Å². The molecule has 24 heavy (non-hydrogen) atoms. The van der Waals surface area contributed by atoms with E-state index in [9.17, 15) is 24.8 Å². The van der Waals surface area contributed by atoms with Gasteiger partial charge in [0.05, 0.1) is 9.83 Å². The number of rotatable bonds is 6. The van der Waals surface area contributed by atoms with Crippen LogP contribution in [0.25, 0.3) is 6.08 Å². The standard InChI is InChI=1S/C14H13ClN2O6S/c1-23-4-2-3-16-13(19)11(24-14(16)20)6-8-5-9(15)7-10(12(8)18)17(21)22/h5-7,18H,2-4H2,1H3/b11-6+. The number of nitro benzene ring substituents is 1. The maximum absolute atomic E-state index is 12.3. The van der Waals surface area contributed by atoms with Crippen molar-refractivity contribution in [3.8, 4) is 5.75 Å². The Morgan fingerprint density at radius 1 is 1.46 bits per heavy atom. The predicted octanol–water partition coefficient (Wildman–Crippen LogP) is 3.03. The normalized spacial score (nSPS) is 16.2. The van der Waals surface area contributed by atoms with Crippen LogP contribution in [0.2, 0.25) is 5.02 Å². The first-order chi connectivity index (χ1) is 11.3. The summed E-state index contributed by atoms with van der Waals surface area (Å²) >= 11 is 6.50. The average molecular weight is 373 g/mol. The van der Waals surface area contributed by atoms with E-state index < -0.39 is 27.5 Å². The van der Waals surface area contributed by atoms with Crippen LogP contribution in [0.1, 0.15) is 12.0 Å². The zero-order valence-electron chi connectivity index (χ0n) is 12.5. The molecule has 1 aliphatic heterocycles. The summed E-state index contributed by atoms with van der Waals surface area (Å²) in [4.78, 5) is 35.4. The van der Waals surface area contributed by atoms with Crippen LogP contribution in [0.4, 0.5) is 10.5 Å². The molecular weight excluding hydrogens is 360 g/mol. The number of benzene rings is 1. The quantitative estimate of drug-likeness (QED) is 0.353. The van der Waals surface area contributed by atoms with Crippen LogP contribution in [-0.4, -0.2) is 46.3 Å². The molecule has 0 spiro atoms. The molecule has 0 radical (unpaired) electrons. The first-order valence-corrected chi connectivity index (χ1v) is 7.95. The van der Waals surface area contributed by atoms with E-state index in [2.05, 4.69) is 0 Å². The number of carbonyl (C=O) groups is 2. The molecule has 1 aliphatic rings. The molecule has 8 nitrogen and oxygen atoms in total. The van der Waals surface area contributed by atoms with Crippen LogP contribution in [0.3, 0.4) is 0 Å². The Morgan fingerprint density at radius 3 is 2.79 bits per heavy atom. The van der Waals surface area contributed by atoms with Crippen LogP contribution < -0.4 is 0 Å².